The predicted molar refractivity (Wildman–Crippen MR) is 119 cm³/mol. The largest absolute Gasteiger partial charge is 0.340 e. The van der Waals surface area contributed by atoms with Gasteiger partial charge in [0.1, 0.15) is 5.82 Å². The zero-order valence-corrected chi connectivity index (χ0v) is 17.6. The molecular formula is C22H27N7O2. The van der Waals surface area contributed by atoms with E-state index in [1.54, 1.807) is 22.8 Å². The van der Waals surface area contributed by atoms with E-state index in [-0.39, 0.29) is 11.5 Å². The first-order chi connectivity index (χ1) is 15.2. The zero-order valence-electron chi connectivity index (χ0n) is 17.6. The summed E-state index contributed by atoms with van der Waals surface area (Å²) in [6.07, 6.45) is 8.61. The van der Waals surface area contributed by atoms with E-state index in [4.69, 9.17) is 4.98 Å². The molecule has 0 unspecified atom stereocenters. The van der Waals surface area contributed by atoms with Crippen LogP contribution in [0.15, 0.2) is 23.0 Å². The Morgan fingerprint density at radius 3 is 2.61 bits per heavy atom. The standard InChI is InChI=1S/C22H27N7O2/c30-19(24-21-25-22(27-26-21)28-11-5-3-6-12-28)15-9-10-16-17(14-15)23-18-8-4-1-2-7-13-29(18)20(16)31/h9-10,14H,1-8,11-13H2,(H2,24,25,26,27,30). The number of aromatic amines is 1. The summed E-state index contributed by atoms with van der Waals surface area (Å²) >= 11 is 0. The number of H-pyrrole nitrogens is 1. The van der Waals surface area contributed by atoms with Gasteiger partial charge in [0.25, 0.3) is 11.5 Å². The number of amides is 1. The van der Waals surface area contributed by atoms with Gasteiger partial charge in [0.2, 0.25) is 11.9 Å². The molecule has 1 amide bonds. The highest BCUT2D eigenvalue weighted by Gasteiger charge is 2.18. The number of piperidine rings is 1. The molecule has 0 aliphatic carbocycles. The van der Waals surface area contributed by atoms with Gasteiger partial charge in [-0.25, -0.2) is 10.1 Å². The fourth-order valence-electron chi connectivity index (χ4n) is 4.46. The van der Waals surface area contributed by atoms with Gasteiger partial charge in [0.05, 0.1) is 10.9 Å². The number of nitrogens with zero attached hydrogens (tertiary/aromatic N) is 5. The Morgan fingerprint density at radius 2 is 1.74 bits per heavy atom. The Balaban J connectivity index is 1.38. The third-order valence-electron chi connectivity index (χ3n) is 6.17. The number of hydrogen-bond acceptors (Lipinski definition) is 6. The number of benzene rings is 1. The van der Waals surface area contributed by atoms with Crippen molar-refractivity contribution in [2.45, 2.75) is 57.9 Å². The monoisotopic (exact) mass is 421 g/mol. The van der Waals surface area contributed by atoms with Gasteiger partial charge in [-0.15, -0.1) is 5.10 Å². The predicted octanol–water partition coefficient (Wildman–Crippen LogP) is 2.87. The molecule has 1 aromatic carbocycles. The van der Waals surface area contributed by atoms with Gasteiger partial charge in [-0.1, -0.05) is 12.8 Å². The molecule has 2 N–H and O–H groups in total. The van der Waals surface area contributed by atoms with Crippen LogP contribution in [-0.2, 0) is 13.0 Å². The van der Waals surface area contributed by atoms with Crippen molar-refractivity contribution in [3.63, 3.8) is 0 Å². The first kappa shape index (κ1) is 19.7. The summed E-state index contributed by atoms with van der Waals surface area (Å²) in [5, 5.41) is 10.4. The van der Waals surface area contributed by atoms with E-state index in [9.17, 15) is 9.59 Å². The Labute approximate surface area is 179 Å². The van der Waals surface area contributed by atoms with E-state index in [1.807, 2.05) is 0 Å². The number of rotatable bonds is 3. The Morgan fingerprint density at radius 1 is 0.968 bits per heavy atom. The summed E-state index contributed by atoms with van der Waals surface area (Å²) in [4.78, 5) is 37.0. The van der Waals surface area contributed by atoms with Crippen LogP contribution in [0.3, 0.4) is 0 Å². The Kier molecular flexibility index (Phi) is 5.40. The third-order valence-corrected chi connectivity index (χ3v) is 6.17. The molecule has 2 aliphatic heterocycles. The molecule has 162 valence electrons. The molecule has 4 heterocycles. The van der Waals surface area contributed by atoms with Gasteiger partial charge in [-0.2, -0.15) is 4.98 Å². The minimum absolute atomic E-state index is 0.0183. The lowest BCUT2D eigenvalue weighted by molar-refractivity contribution is 0.102. The Hall–Kier alpha value is -3.23. The minimum Gasteiger partial charge on any atom is -0.340 e. The van der Waals surface area contributed by atoms with Crippen LogP contribution in [0.1, 0.15) is 61.1 Å². The summed E-state index contributed by atoms with van der Waals surface area (Å²) in [6.45, 7) is 2.58. The third kappa shape index (κ3) is 4.04. The van der Waals surface area contributed by atoms with Gasteiger partial charge in [-0.05, 0) is 50.3 Å². The van der Waals surface area contributed by atoms with Gasteiger partial charge in [0.15, 0.2) is 0 Å². The quantitative estimate of drug-likeness (QED) is 0.673. The van der Waals surface area contributed by atoms with Crippen LogP contribution in [-0.4, -0.2) is 43.7 Å². The van der Waals surface area contributed by atoms with Crippen LogP contribution in [0, 0.1) is 0 Å². The maximum absolute atomic E-state index is 13.0. The molecule has 0 bridgehead atoms. The van der Waals surface area contributed by atoms with E-state index in [1.165, 1.54) is 6.42 Å². The number of hydrogen-bond donors (Lipinski definition) is 2. The number of carbonyl (C=O) groups excluding carboxylic acids is 1. The lowest BCUT2D eigenvalue weighted by Crippen LogP contribution is -2.30. The van der Waals surface area contributed by atoms with Crippen molar-refractivity contribution in [3.05, 3.63) is 39.9 Å². The topological polar surface area (TPSA) is 109 Å². The lowest BCUT2D eigenvalue weighted by atomic mass is 10.1. The van der Waals surface area contributed by atoms with Crippen LogP contribution < -0.4 is 15.8 Å². The smallest absolute Gasteiger partial charge is 0.261 e. The number of carbonyl (C=O) groups is 1. The molecule has 1 saturated heterocycles. The molecule has 9 heteroatoms. The molecule has 9 nitrogen and oxygen atoms in total. The maximum Gasteiger partial charge on any atom is 0.261 e. The van der Waals surface area contributed by atoms with Gasteiger partial charge >= 0.3 is 0 Å². The minimum atomic E-state index is -0.308. The van der Waals surface area contributed by atoms with Crippen molar-refractivity contribution >= 4 is 28.7 Å². The maximum atomic E-state index is 13.0. The van der Waals surface area contributed by atoms with E-state index >= 15 is 0 Å². The molecule has 2 aliphatic rings. The number of nitrogens with one attached hydrogen (secondary N) is 2. The van der Waals surface area contributed by atoms with Crippen LogP contribution in [0.2, 0.25) is 0 Å². The molecule has 0 spiro atoms. The lowest BCUT2D eigenvalue weighted by Gasteiger charge is -2.24. The molecule has 1 fully saturated rings. The molecule has 0 radical (unpaired) electrons. The van der Waals surface area contributed by atoms with Crippen molar-refractivity contribution in [1.29, 1.82) is 0 Å². The zero-order chi connectivity index (χ0) is 21.2. The van der Waals surface area contributed by atoms with Crippen molar-refractivity contribution in [1.82, 2.24) is 24.7 Å². The summed E-state index contributed by atoms with van der Waals surface area (Å²) in [5.74, 6) is 1.44. The number of anilines is 2. The number of fused-ring (bicyclic) bond motifs is 2. The Bertz CT molecular complexity index is 1160. The van der Waals surface area contributed by atoms with Crippen molar-refractivity contribution in [3.8, 4) is 0 Å². The normalized spacial score (nSPS) is 17.1. The molecule has 3 aromatic rings. The van der Waals surface area contributed by atoms with Crippen molar-refractivity contribution in [2.75, 3.05) is 23.3 Å². The fourth-order valence-corrected chi connectivity index (χ4v) is 4.46. The van der Waals surface area contributed by atoms with Crippen LogP contribution in [0.25, 0.3) is 10.9 Å². The molecular weight excluding hydrogens is 394 g/mol. The van der Waals surface area contributed by atoms with Gasteiger partial charge in [0, 0.05) is 31.6 Å². The van der Waals surface area contributed by atoms with E-state index in [0.29, 0.717) is 34.9 Å². The highest BCUT2D eigenvalue weighted by molar-refractivity contribution is 6.05. The average molecular weight is 422 g/mol. The van der Waals surface area contributed by atoms with Gasteiger partial charge < -0.3 is 4.90 Å². The van der Waals surface area contributed by atoms with Gasteiger partial charge in [-0.3, -0.25) is 19.5 Å². The molecule has 0 saturated carbocycles. The molecule has 2 aromatic heterocycles. The van der Waals surface area contributed by atoms with Crippen LogP contribution in [0.5, 0.6) is 0 Å². The second-order valence-corrected chi connectivity index (χ2v) is 8.37. The van der Waals surface area contributed by atoms with E-state index in [0.717, 1.165) is 63.9 Å². The van der Waals surface area contributed by atoms with Crippen molar-refractivity contribution in [2.24, 2.45) is 0 Å². The first-order valence-electron chi connectivity index (χ1n) is 11.2. The number of aryl methyl sites for hydroxylation is 1. The van der Waals surface area contributed by atoms with Crippen LogP contribution in [0.4, 0.5) is 11.9 Å². The average Bonchev–Trinajstić information content (AvgIpc) is 3.24. The highest BCUT2D eigenvalue weighted by Crippen LogP contribution is 2.19. The van der Waals surface area contributed by atoms with Crippen molar-refractivity contribution < 1.29 is 4.79 Å². The number of aromatic nitrogens is 5. The second-order valence-electron chi connectivity index (χ2n) is 8.37. The highest BCUT2D eigenvalue weighted by atomic mass is 16.2. The summed E-state index contributed by atoms with van der Waals surface area (Å²) in [6, 6.07) is 5.05. The first-order valence-corrected chi connectivity index (χ1v) is 11.2. The summed E-state index contributed by atoms with van der Waals surface area (Å²) in [5.41, 5.74) is 0.984. The SMILES string of the molecule is O=C(Nc1nc(N2CCCCC2)n[nH]1)c1ccc2c(=O)n3c(nc2c1)CCCCCC3. The summed E-state index contributed by atoms with van der Waals surface area (Å²) < 4.78 is 1.80. The second kappa shape index (κ2) is 8.49. The molecule has 5 rings (SSSR count). The fraction of sp³-hybridized carbons (Fsp3) is 0.500. The van der Waals surface area contributed by atoms with E-state index < -0.39 is 0 Å². The molecule has 0 atom stereocenters. The van der Waals surface area contributed by atoms with E-state index in [2.05, 4.69) is 25.4 Å². The summed E-state index contributed by atoms with van der Waals surface area (Å²) in [7, 11) is 0. The molecule has 31 heavy (non-hydrogen) atoms. The van der Waals surface area contributed by atoms with Crippen LogP contribution >= 0.6 is 0 Å².